The molecule has 2 N–H and O–H groups in total. The van der Waals surface area contributed by atoms with Gasteiger partial charge in [0.05, 0.1) is 6.04 Å². The molecule has 3 heteroatoms. The van der Waals surface area contributed by atoms with Crippen molar-refractivity contribution in [1.29, 1.82) is 0 Å². The fraction of sp³-hybridized carbons (Fsp3) is 0.824. The molecule has 0 aliphatic heterocycles. The summed E-state index contributed by atoms with van der Waals surface area (Å²) in [6.07, 6.45) is 11.8. The number of carbonyl (C=O) groups excluding carboxylic acids is 1. The van der Waals surface area contributed by atoms with Crippen molar-refractivity contribution in [2.45, 2.75) is 77.7 Å². The van der Waals surface area contributed by atoms with Gasteiger partial charge in [0.15, 0.2) is 0 Å². The van der Waals surface area contributed by atoms with Crippen molar-refractivity contribution in [3.05, 3.63) is 12.7 Å². The second kappa shape index (κ2) is 13.2. The van der Waals surface area contributed by atoms with Gasteiger partial charge in [0.2, 0.25) is 5.91 Å². The van der Waals surface area contributed by atoms with Gasteiger partial charge in [0.25, 0.3) is 0 Å². The monoisotopic (exact) mass is 282 g/mol. The molecule has 0 aliphatic carbocycles. The molecule has 0 rings (SSSR count). The fourth-order valence-corrected chi connectivity index (χ4v) is 2.31. The quantitative estimate of drug-likeness (QED) is 0.411. The van der Waals surface area contributed by atoms with Gasteiger partial charge in [-0.2, -0.15) is 0 Å². The van der Waals surface area contributed by atoms with E-state index in [2.05, 4.69) is 20.4 Å². The minimum absolute atomic E-state index is 0.0953. The van der Waals surface area contributed by atoms with Gasteiger partial charge < -0.3 is 10.6 Å². The second-order valence-electron chi connectivity index (χ2n) is 5.58. The summed E-state index contributed by atoms with van der Waals surface area (Å²) in [5.41, 5.74) is 5.93. The van der Waals surface area contributed by atoms with E-state index in [1.54, 1.807) is 6.08 Å². The Balaban J connectivity index is 4.21. The first-order valence-corrected chi connectivity index (χ1v) is 8.32. The van der Waals surface area contributed by atoms with Crippen LogP contribution in [-0.4, -0.2) is 29.9 Å². The third kappa shape index (κ3) is 9.13. The van der Waals surface area contributed by atoms with Crippen LogP contribution in [0.25, 0.3) is 0 Å². The van der Waals surface area contributed by atoms with E-state index in [1.807, 2.05) is 4.90 Å². The maximum Gasteiger partial charge on any atom is 0.239 e. The topological polar surface area (TPSA) is 46.3 Å². The van der Waals surface area contributed by atoms with Crippen molar-refractivity contribution in [3.63, 3.8) is 0 Å². The molecule has 0 aliphatic rings. The van der Waals surface area contributed by atoms with Gasteiger partial charge in [-0.1, -0.05) is 58.4 Å². The molecule has 0 heterocycles. The number of unbranched alkanes of at least 4 members (excludes halogenated alkanes) is 6. The first-order chi connectivity index (χ1) is 9.67. The lowest BCUT2D eigenvalue weighted by molar-refractivity contribution is -0.132. The molecular weight excluding hydrogens is 248 g/mol. The summed E-state index contributed by atoms with van der Waals surface area (Å²) in [6, 6.07) is -0.412. The van der Waals surface area contributed by atoms with Crippen LogP contribution in [0.15, 0.2) is 12.7 Å². The maximum absolute atomic E-state index is 12.3. The molecule has 20 heavy (non-hydrogen) atoms. The zero-order valence-corrected chi connectivity index (χ0v) is 13.6. The van der Waals surface area contributed by atoms with E-state index < -0.39 is 6.04 Å². The van der Waals surface area contributed by atoms with Crippen molar-refractivity contribution < 1.29 is 4.79 Å². The molecule has 118 valence electrons. The Morgan fingerprint density at radius 3 is 1.95 bits per heavy atom. The number of hydrogen-bond donors (Lipinski definition) is 1. The highest BCUT2D eigenvalue weighted by atomic mass is 16.2. The summed E-state index contributed by atoms with van der Waals surface area (Å²) in [4.78, 5) is 14.3. The molecule has 1 atom stereocenters. The first-order valence-electron chi connectivity index (χ1n) is 8.32. The molecule has 0 aromatic carbocycles. The predicted octanol–water partition coefficient (Wildman–Crippen LogP) is 3.88. The van der Waals surface area contributed by atoms with Gasteiger partial charge in [0, 0.05) is 13.1 Å². The van der Waals surface area contributed by atoms with Gasteiger partial charge in [0.1, 0.15) is 0 Å². The SMILES string of the molecule is C=CCC(N)C(=O)N(CCCCCC)CCCCCC. The summed E-state index contributed by atoms with van der Waals surface area (Å²) < 4.78 is 0. The first kappa shape index (κ1) is 19.2. The Hall–Kier alpha value is -0.830. The van der Waals surface area contributed by atoms with E-state index in [9.17, 15) is 4.79 Å². The number of nitrogens with two attached hydrogens (primary N) is 1. The fourth-order valence-electron chi connectivity index (χ4n) is 2.31. The average Bonchev–Trinajstić information content (AvgIpc) is 2.45. The van der Waals surface area contributed by atoms with Crippen LogP contribution in [0.4, 0.5) is 0 Å². The van der Waals surface area contributed by atoms with E-state index >= 15 is 0 Å². The van der Waals surface area contributed by atoms with E-state index in [4.69, 9.17) is 5.73 Å². The van der Waals surface area contributed by atoms with Gasteiger partial charge >= 0.3 is 0 Å². The van der Waals surface area contributed by atoms with Crippen molar-refractivity contribution in [2.24, 2.45) is 5.73 Å². The third-order valence-electron chi connectivity index (χ3n) is 3.61. The normalized spacial score (nSPS) is 12.2. The number of rotatable bonds is 13. The second-order valence-corrected chi connectivity index (χ2v) is 5.58. The maximum atomic E-state index is 12.3. The van der Waals surface area contributed by atoms with Crippen molar-refractivity contribution in [1.82, 2.24) is 4.90 Å². The molecule has 0 saturated carbocycles. The molecule has 0 bridgehead atoms. The minimum atomic E-state index is -0.412. The molecule has 0 aromatic heterocycles. The summed E-state index contributed by atoms with van der Waals surface area (Å²) in [6.45, 7) is 9.78. The molecule has 0 spiro atoms. The standard InChI is InChI=1S/C17H34N2O/c1-4-7-9-11-14-19(15-12-10-8-5-2)17(20)16(18)13-6-3/h6,16H,3-5,7-15,18H2,1-2H3. The van der Waals surface area contributed by atoms with Crippen LogP contribution in [0, 0.1) is 0 Å². The summed E-state index contributed by atoms with van der Waals surface area (Å²) in [7, 11) is 0. The summed E-state index contributed by atoms with van der Waals surface area (Å²) in [5.74, 6) is 0.0953. The van der Waals surface area contributed by atoms with Gasteiger partial charge in [-0.05, 0) is 19.3 Å². The number of hydrogen-bond acceptors (Lipinski definition) is 2. The molecule has 0 saturated heterocycles. The Kier molecular flexibility index (Phi) is 12.6. The van der Waals surface area contributed by atoms with Crippen molar-refractivity contribution in [3.8, 4) is 0 Å². The highest BCUT2D eigenvalue weighted by molar-refractivity contribution is 5.81. The largest absolute Gasteiger partial charge is 0.341 e. The van der Waals surface area contributed by atoms with Gasteiger partial charge in [-0.25, -0.2) is 0 Å². The molecule has 0 radical (unpaired) electrons. The van der Waals surface area contributed by atoms with Crippen LogP contribution in [0.3, 0.4) is 0 Å². The molecule has 1 amide bonds. The van der Waals surface area contributed by atoms with Crippen LogP contribution in [0.5, 0.6) is 0 Å². The van der Waals surface area contributed by atoms with E-state index in [0.717, 1.165) is 25.9 Å². The molecular formula is C17H34N2O. The molecule has 0 aromatic rings. The number of nitrogens with zero attached hydrogens (tertiary/aromatic N) is 1. The van der Waals surface area contributed by atoms with E-state index in [-0.39, 0.29) is 5.91 Å². The highest BCUT2D eigenvalue weighted by Gasteiger charge is 2.19. The van der Waals surface area contributed by atoms with E-state index in [1.165, 1.54) is 38.5 Å². The summed E-state index contributed by atoms with van der Waals surface area (Å²) in [5, 5.41) is 0. The van der Waals surface area contributed by atoms with Crippen molar-refractivity contribution >= 4 is 5.91 Å². The lowest BCUT2D eigenvalue weighted by Gasteiger charge is -2.25. The van der Waals surface area contributed by atoms with Crippen LogP contribution >= 0.6 is 0 Å². The molecule has 1 unspecified atom stereocenters. The Bertz CT molecular complexity index is 241. The van der Waals surface area contributed by atoms with Crippen LogP contribution in [0.2, 0.25) is 0 Å². The smallest absolute Gasteiger partial charge is 0.239 e. The van der Waals surface area contributed by atoms with Crippen molar-refractivity contribution in [2.75, 3.05) is 13.1 Å². The van der Waals surface area contributed by atoms with Gasteiger partial charge in [-0.3, -0.25) is 4.79 Å². The zero-order chi connectivity index (χ0) is 15.2. The Morgan fingerprint density at radius 1 is 1.05 bits per heavy atom. The highest BCUT2D eigenvalue weighted by Crippen LogP contribution is 2.07. The van der Waals surface area contributed by atoms with Crippen LogP contribution in [-0.2, 0) is 4.79 Å². The zero-order valence-electron chi connectivity index (χ0n) is 13.6. The molecule has 0 fully saturated rings. The van der Waals surface area contributed by atoms with Crippen LogP contribution in [0.1, 0.15) is 71.6 Å². The summed E-state index contributed by atoms with van der Waals surface area (Å²) >= 11 is 0. The lowest BCUT2D eigenvalue weighted by Crippen LogP contribution is -2.44. The number of carbonyl (C=O) groups is 1. The Labute approximate surface area is 125 Å². The molecule has 3 nitrogen and oxygen atoms in total. The van der Waals surface area contributed by atoms with Crippen LogP contribution < -0.4 is 5.73 Å². The predicted molar refractivity (Wildman–Crippen MR) is 87.7 cm³/mol. The minimum Gasteiger partial charge on any atom is -0.341 e. The number of amides is 1. The average molecular weight is 282 g/mol. The van der Waals surface area contributed by atoms with E-state index in [0.29, 0.717) is 6.42 Å². The lowest BCUT2D eigenvalue weighted by atomic mass is 10.1. The van der Waals surface area contributed by atoms with Gasteiger partial charge in [-0.15, -0.1) is 6.58 Å². The Morgan fingerprint density at radius 2 is 1.55 bits per heavy atom. The third-order valence-corrected chi connectivity index (χ3v) is 3.61.